The van der Waals surface area contributed by atoms with Crippen LogP contribution in [-0.2, 0) is 4.74 Å². The molecule has 2 saturated heterocycles. The number of imide groups is 1. The van der Waals surface area contributed by atoms with E-state index >= 15 is 0 Å². The zero-order valence-electron chi connectivity index (χ0n) is 11.3. The Balaban J connectivity index is 1.66. The van der Waals surface area contributed by atoms with Crippen molar-refractivity contribution in [3.8, 4) is 0 Å². The third-order valence-electron chi connectivity index (χ3n) is 4.46. The van der Waals surface area contributed by atoms with Crippen LogP contribution in [0.4, 0.5) is 0 Å². The lowest BCUT2D eigenvalue weighted by Gasteiger charge is -2.25. The Morgan fingerprint density at radius 1 is 1.19 bits per heavy atom. The fraction of sp³-hybridized carbons (Fsp3) is 0.467. The molecule has 5 nitrogen and oxygen atoms in total. The lowest BCUT2D eigenvalue weighted by Crippen LogP contribution is -2.46. The van der Waals surface area contributed by atoms with E-state index in [2.05, 4.69) is 0 Å². The summed E-state index contributed by atoms with van der Waals surface area (Å²) in [5, 5.41) is 10.5. The van der Waals surface area contributed by atoms with Gasteiger partial charge in [0.25, 0.3) is 11.8 Å². The number of aliphatic hydroxyl groups is 1. The SMILES string of the molecule is O=C1c2ccccc2C(=O)N1C1OC2CCSCC2C1O. The van der Waals surface area contributed by atoms with Crippen molar-refractivity contribution in [2.24, 2.45) is 5.92 Å². The molecule has 1 aromatic carbocycles. The molecule has 0 aromatic heterocycles. The van der Waals surface area contributed by atoms with Crippen LogP contribution in [0.15, 0.2) is 24.3 Å². The Kier molecular flexibility index (Phi) is 3.06. The maximum atomic E-state index is 12.5. The summed E-state index contributed by atoms with van der Waals surface area (Å²) in [7, 11) is 0. The van der Waals surface area contributed by atoms with Crippen molar-refractivity contribution in [1.29, 1.82) is 0 Å². The second-order valence-electron chi connectivity index (χ2n) is 5.61. The molecule has 2 fully saturated rings. The van der Waals surface area contributed by atoms with Gasteiger partial charge in [-0.3, -0.25) is 9.59 Å². The molecular weight excluding hydrogens is 290 g/mol. The van der Waals surface area contributed by atoms with E-state index in [1.165, 1.54) is 0 Å². The first-order valence-corrected chi connectivity index (χ1v) is 8.22. The summed E-state index contributed by atoms with van der Waals surface area (Å²) >= 11 is 1.78. The Labute approximate surface area is 126 Å². The summed E-state index contributed by atoms with van der Waals surface area (Å²) in [6.07, 6.45) is -0.863. The van der Waals surface area contributed by atoms with Crippen LogP contribution in [0.1, 0.15) is 27.1 Å². The third kappa shape index (κ3) is 1.86. The summed E-state index contributed by atoms with van der Waals surface area (Å²) in [6.45, 7) is 0. The molecule has 4 unspecified atom stereocenters. The van der Waals surface area contributed by atoms with Crippen LogP contribution in [-0.4, -0.2) is 51.8 Å². The monoisotopic (exact) mass is 305 g/mol. The van der Waals surface area contributed by atoms with E-state index in [9.17, 15) is 14.7 Å². The van der Waals surface area contributed by atoms with Gasteiger partial charge in [0.05, 0.1) is 17.2 Å². The first-order chi connectivity index (χ1) is 10.2. The summed E-state index contributed by atoms with van der Waals surface area (Å²) in [5.74, 6) is 1.06. The minimum Gasteiger partial charge on any atom is -0.388 e. The molecule has 2 amide bonds. The molecule has 0 bridgehead atoms. The quantitative estimate of drug-likeness (QED) is 0.788. The number of fused-ring (bicyclic) bond motifs is 2. The van der Waals surface area contributed by atoms with Gasteiger partial charge < -0.3 is 9.84 Å². The van der Waals surface area contributed by atoms with Crippen molar-refractivity contribution in [1.82, 2.24) is 4.90 Å². The number of rotatable bonds is 1. The smallest absolute Gasteiger partial charge is 0.263 e. The molecule has 0 spiro atoms. The van der Waals surface area contributed by atoms with Gasteiger partial charge in [0.1, 0.15) is 6.10 Å². The number of benzene rings is 1. The van der Waals surface area contributed by atoms with E-state index in [0.717, 1.165) is 22.8 Å². The van der Waals surface area contributed by atoms with Gasteiger partial charge in [0.15, 0.2) is 6.23 Å². The van der Waals surface area contributed by atoms with Crippen molar-refractivity contribution >= 4 is 23.6 Å². The molecule has 3 heterocycles. The van der Waals surface area contributed by atoms with E-state index in [4.69, 9.17) is 4.74 Å². The van der Waals surface area contributed by atoms with Gasteiger partial charge in [0.2, 0.25) is 0 Å². The Morgan fingerprint density at radius 2 is 1.86 bits per heavy atom. The number of amides is 2. The number of carbonyl (C=O) groups excluding carboxylic acids is 2. The van der Waals surface area contributed by atoms with Gasteiger partial charge in [-0.25, -0.2) is 4.90 Å². The number of aliphatic hydroxyl groups excluding tert-OH is 1. The second kappa shape index (κ2) is 4.83. The van der Waals surface area contributed by atoms with Crippen LogP contribution in [0.3, 0.4) is 0 Å². The molecule has 1 aromatic rings. The summed E-state index contributed by atoms with van der Waals surface area (Å²) in [6, 6.07) is 6.74. The first-order valence-electron chi connectivity index (χ1n) is 7.06. The number of hydrogen-bond donors (Lipinski definition) is 1. The van der Waals surface area contributed by atoms with Crippen LogP contribution in [0.2, 0.25) is 0 Å². The molecule has 3 aliphatic heterocycles. The standard InChI is InChI=1S/C15H15NO4S/c17-12-10-7-21-6-5-11(10)20-15(12)16-13(18)8-3-1-2-4-9(8)14(16)19/h1-4,10-12,15,17H,5-7H2. The van der Waals surface area contributed by atoms with Crippen molar-refractivity contribution < 1.29 is 19.4 Å². The van der Waals surface area contributed by atoms with Crippen LogP contribution < -0.4 is 0 Å². The molecule has 0 aliphatic carbocycles. The summed E-state index contributed by atoms with van der Waals surface area (Å²) in [5.41, 5.74) is 0.782. The molecule has 4 atom stereocenters. The molecule has 0 saturated carbocycles. The lowest BCUT2D eigenvalue weighted by atomic mass is 9.98. The first kappa shape index (κ1) is 13.3. The molecule has 6 heteroatoms. The minimum atomic E-state index is -0.855. The number of carbonyl (C=O) groups is 2. The second-order valence-corrected chi connectivity index (χ2v) is 6.76. The van der Waals surface area contributed by atoms with Crippen molar-refractivity contribution in [2.45, 2.75) is 24.9 Å². The van der Waals surface area contributed by atoms with Crippen LogP contribution in [0.25, 0.3) is 0 Å². The maximum Gasteiger partial charge on any atom is 0.263 e. The van der Waals surface area contributed by atoms with E-state index in [1.807, 2.05) is 0 Å². The normalized spacial score (nSPS) is 35.0. The topological polar surface area (TPSA) is 66.8 Å². The summed E-state index contributed by atoms with van der Waals surface area (Å²) in [4.78, 5) is 26.0. The number of nitrogens with zero attached hydrogens (tertiary/aromatic N) is 1. The third-order valence-corrected chi connectivity index (χ3v) is 5.60. The fourth-order valence-corrected chi connectivity index (χ4v) is 4.60. The van der Waals surface area contributed by atoms with Crippen LogP contribution in [0, 0.1) is 5.92 Å². The average molecular weight is 305 g/mol. The highest BCUT2D eigenvalue weighted by molar-refractivity contribution is 7.99. The van der Waals surface area contributed by atoms with E-state index in [-0.39, 0.29) is 23.8 Å². The maximum absolute atomic E-state index is 12.5. The molecule has 21 heavy (non-hydrogen) atoms. The molecule has 0 radical (unpaired) electrons. The van der Waals surface area contributed by atoms with Gasteiger partial charge in [-0.15, -0.1) is 0 Å². The van der Waals surface area contributed by atoms with Gasteiger partial charge in [-0.2, -0.15) is 11.8 Å². The van der Waals surface area contributed by atoms with Gasteiger partial charge in [-0.05, 0) is 24.3 Å². The van der Waals surface area contributed by atoms with Gasteiger partial charge in [-0.1, -0.05) is 12.1 Å². The van der Waals surface area contributed by atoms with E-state index in [0.29, 0.717) is 11.1 Å². The van der Waals surface area contributed by atoms with E-state index < -0.39 is 12.3 Å². The Bertz CT molecular complexity index is 584. The zero-order chi connectivity index (χ0) is 14.6. The minimum absolute atomic E-state index is 0.00179. The predicted molar refractivity (Wildman–Crippen MR) is 77.0 cm³/mol. The average Bonchev–Trinajstić information content (AvgIpc) is 2.96. The fourth-order valence-electron chi connectivity index (χ4n) is 3.35. The van der Waals surface area contributed by atoms with Crippen molar-refractivity contribution in [3.05, 3.63) is 35.4 Å². The Morgan fingerprint density at radius 3 is 2.48 bits per heavy atom. The molecule has 4 rings (SSSR count). The number of thioether (sulfide) groups is 1. The highest BCUT2D eigenvalue weighted by atomic mass is 32.2. The zero-order valence-corrected chi connectivity index (χ0v) is 12.1. The lowest BCUT2D eigenvalue weighted by molar-refractivity contribution is -0.0608. The largest absolute Gasteiger partial charge is 0.388 e. The van der Waals surface area contributed by atoms with Crippen molar-refractivity contribution in [2.75, 3.05) is 11.5 Å². The molecule has 110 valence electrons. The molecule has 1 N–H and O–H groups in total. The van der Waals surface area contributed by atoms with Gasteiger partial charge >= 0.3 is 0 Å². The van der Waals surface area contributed by atoms with Gasteiger partial charge in [0, 0.05) is 11.7 Å². The van der Waals surface area contributed by atoms with Crippen molar-refractivity contribution in [3.63, 3.8) is 0 Å². The van der Waals surface area contributed by atoms with Crippen LogP contribution >= 0.6 is 11.8 Å². The molecular formula is C15H15NO4S. The van der Waals surface area contributed by atoms with E-state index in [1.54, 1.807) is 36.0 Å². The van der Waals surface area contributed by atoms with Crippen LogP contribution in [0.5, 0.6) is 0 Å². The Hall–Kier alpha value is -1.37. The highest BCUT2D eigenvalue weighted by Gasteiger charge is 2.52. The number of hydrogen-bond acceptors (Lipinski definition) is 5. The summed E-state index contributed by atoms with van der Waals surface area (Å²) < 4.78 is 5.85. The predicted octanol–water partition coefficient (Wildman–Crippen LogP) is 1.12. The number of ether oxygens (including phenoxy) is 1. The highest BCUT2D eigenvalue weighted by Crippen LogP contribution is 2.39. The molecule has 3 aliphatic rings.